The Labute approximate surface area is 155 Å². The maximum absolute atomic E-state index is 10.9. The minimum absolute atomic E-state index is 0.0948. The van der Waals surface area contributed by atoms with Crippen LogP contribution in [-0.4, -0.2) is 10.6 Å². The molecule has 1 heterocycles. The molecular formula is C21H16N2O2S. The van der Waals surface area contributed by atoms with Crippen molar-refractivity contribution in [2.45, 2.75) is 16.6 Å². The molecule has 0 fully saturated rings. The highest BCUT2D eigenvalue weighted by molar-refractivity contribution is 7.99. The molecular weight excluding hydrogens is 344 g/mol. The Balaban J connectivity index is 1.77. The number of rotatable bonds is 3. The van der Waals surface area contributed by atoms with Crippen LogP contribution in [-0.2, 0) is 0 Å². The number of nitro benzene ring substituents is 1. The number of non-ortho nitro benzene ring substituents is 1. The smallest absolute Gasteiger partial charge is 0.258 e. The molecule has 3 aromatic carbocycles. The van der Waals surface area contributed by atoms with E-state index in [1.165, 1.54) is 5.56 Å². The first-order valence-corrected chi connectivity index (χ1v) is 9.22. The Kier molecular flexibility index (Phi) is 4.54. The predicted octanol–water partition coefficient (Wildman–Crippen LogP) is 5.95. The molecule has 0 amide bonds. The lowest BCUT2D eigenvalue weighted by Gasteiger charge is -2.16. The molecule has 5 heteroatoms. The first-order chi connectivity index (χ1) is 12.7. The van der Waals surface area contributed by atoms with Crippen LogP contribution in [0.3, 0.4) is 0 Å². The number of hydrogen-bond donors (Lipinski definition) is 0. The van der Waals surface area contributed by atoms with Crippen LogP contribution < -0.4 is 0 Å². The Hall–Kier alpha value is -2.92. The zero-order chi connectivity index (χ0) is 17.9. The average molecular weight is 360 g/mol. The van der Waals surface area contributed by atoms with Gasteiger partial charge in [-0.3, -0.25) is 15.1 Å². The van der Waals surface area contributed by atoms with Crippen LogP contribution in [0.5, 0.6) is 0 Å². The van der Waals surface area contributed by atoms with Crippen LogP contribution in [0.4, 0.5) is 11.4 Å². The molecule has 128 valence electrons. The number of para-hydroxylation sites is 1. The Morgan fingerprint density at radius 3 is 2.35 bits per heavy atom. The maximum Gasteiger partial charge on any atom is 0.269 e. The average Bonchev–Trinajstić information content (AvgIpc) is 2.88. The van der Waals surface area contributed by atoms with Crippen molar-refractivity contribution in [3.8, 4) is 0 Å². The highest BCUT2D eigenvalue weighted by atomic mass is 32.2. The van der Waals surface area contributed by atoms with Crippen molar-refractivity contribution in [1.29, 1.82) is 0 Å². The minimum Gasteiger partial charge on any atom is -0.258 e. The topological polar surface area (TPSA) is 55.5 Å². The molecule has 0 radical (unpaired) electrons. The molecule has 0 saturated heterocycles. The van der Waals surface area contributed by atoms with Gasteiger partial charge >= 0.3 is 0 Å². The highest BCUT2D eigenvalue weighted by Crippen LogP contribution is 2.45. The molecule has 1 aliphatic heterocycles. The van der Waals surface area contributed by atoms with Gasteiger partial charge in [0.15, 0.2) is 0 Å². The highest BCUT2D eigenvalue weighted by Gasteiger charge is 2.22. The molecule has 4 nitrogen and oxygen atoms in total. The SMILES string of the molecule is O=[N+]([O-])c1ccc(C2=Nc3ccccc3S[C@H](c3ccccc3)C2)cc1. The fourth-order valence-corrected chi connectivity index (χ4v) is 4.25. The van der Waals surface area contributed by atoms with E-state index < -0.39 is 0 Å². The van der Waals surface area contributed by atoms with E-state index in [0.29, 0.717) is 0 Å². The summed E-state index contributed by atoms with van der Waals surface area (Å²) in [4.78, 5) is 16.6. The molecule has 4 rings (SSSR count). The van der Waals surface area contributed by atoms with Gasteiger partial charge in [0.05, 0.1) is 10.6 Å². The third-order valence-corrected chi connectivity index (χ3v) is 5.67. The Morgan fingerprint density at radius 1 is 0.923 bits per heavy atom. The van der Waals surface area contributed by atoms with E-state index in [1.54, 1.807) is 24.3 Å². The van der Waals surface area contributed by atoms with E-state index in [0.717, 1.165) is 28.3 Å². The van der Waals surface area contributed by atoms with Gasteiger partial charge in [-0.25, -0.2) is 0 Å². The zero-order valence-corrected chi connectivity index (χ0v) is 14.7. The number of aliphatic imine (C=N–C) groups is 1. The summed E-state index contributed by atoms with van der Waals surface area (Å²) in [6, 6.07) is 25.2. The van der Waals surface area contributed by atoms with E-state index in [2.05, 4.69) is 30.3 Å². The lowest BCUT2D eigenvalue weighted by molar-refractivity contribution is -0.384. The fraction of sp³-hybridized carbons (Fsp3) is 0.0952. The molecule has 0 aromatic heterocycles. The summed E-state index contributed by atoms with van der Waals surface area (Å²) in [5.41, 5.74) is 4.17. The monoisotopic (exact) mass is 360 g/mol. The van der Waals surface area contributed by atoms with Crippen molar-refractivity contribution < 1.29 is 4.92 Å². The van der Waals surface area contributed by atoms with Gasteiger partial charge in [-0.05, 0) is 35.4 Å². The summed E-state index contributed by atoms with van der Waals surface area (Å²) in [7, 11) is 0. The second-order valence-electron chi connectivity index (χ2n) is 6.05. The van der Waals surface area contributed by atoms with Crippen molar-refractivity contribution in [1.82, 2.24) is 0 Å². The summed E-state index contributed by atoms with van der Waals surface area (Å²) in [6.45, 7) is 0. The number of nitrogens with zero attached hydrogens (tertiary/aromatic N) is 2. The molecule has 1 aliphatic rings. The number of hydrogen-bond acceptors (Lipinski definition) is 4. The second-order valence-corrected chi connectivity index (χ2v) is 7.30. The summed E-state index contributed by atoms with van der Waals surface area (Å²) >= 11 is 1.81. The number of benzene rings is 3. The Bertz CT molecular complexity index is 969. The number of nitro groups is 1. The molecule has 0 spiro atoms. The lowest BCUT2D eigenvalue weighted by atomic mass is 10.0. The molecule has 0 aliphatic carbocycles. The zero-order valence-electron chi connectivity index (χ0n) is 13.9. The second kappa shape index (κ2) is 7.14. The molecule has 26 heavy (non-hydrogen) atoms. The molecule has 0 unspecified atom stereocenters. The number of thioether (sulfide) groups is 1. The standard InChI is InChI=1S/C21H16N2O2S/c24-23(25)17-12-10-15(11-13-17)19-14-21(16-6-2-1-3-7-16)26-20-9-5-4-8-18(20)22-19/h1-13,21H,14H2/t21-/m0/s1. The fourth-order valence-electron chi connectivity index (χ4n) is 3.02. The van der Waals surface area contributed by atoms with Crippen molar-refractivity contribution in [2.24, 2.45) is 4.99 Å². The molecule has 1 atom stereocenters. The van der Waals surface area contributed by atoms with Gasteiger partial charge in [0.25, 0.3) is 5.69 Å². The summed E-state index contributed by atoms with van der Waals surface area (Å²) in [5.74, 6) is 0. The first-order valence-electron chi connectivity index (χ1n) is 8.34. The van der Waals surface area contributed by atoms with Crippen LogP contribution >= 0.6 is 11.8 Å². The van der Waals surface area contributed by atoms with Crippen LogP contribution in [0.25, 0.3) is 0 Å². The van der Waals surface area contributed by atoms with Crippen molar-refractivity contribution in [3.63, 3.8) is 0 Å². The van der Waals surface area contributed by atoms with Crippen LogP contribution in [0, 0.1) is 10.1 Å². The normalized spacial score (nSPS) is 16.3. The van der Waals surface area contributed by atoms with Gasteiger partial charge in [0, 0.05) is 34.4 Å². The van der Waals surface area contributed by atoms with Gasteiger partial charge < -0.3 is 0 Å². The largest absolute Gasteiger partial charge is 0.269 e. The van der Waals surface area contributed by atoms with E-state index in [4.69, 9.17) is 4.99 Å². The van der Waals surface area contributed by atoms with E-state index in [1.807, 2.05) is 36.0 Å². The van der Waals surface area contributed by atoms with Crippen LogP contribution in [0.2, 0.25) is 0 Å². The lowest BCUT2D eigenvalue weighted by Crippen LogP contribution is -2.05. The molecule has 0 saturated carbocycles. The van der Waals surface area contributed by atoms with Gasteiger partial charge in [-0.1, -0.05) is 42.5 Å². The van der Waals surface area contributed by atoms with Gasteiger partial charge in [-0.15, -0.1) is 11.8 Å². The van der Waals surface area contributed by atoms with E-state index in [-0.39, 0.29) is 15.9 Å². The summed E-state index contributed by atoms with van der Waals surface area (Å²) in [5, 5.41) is 11.2. The Morgan fingerprint density at radius 2 is 1.62 bits per heavy atom. The van der Waals surface area contributed by atoms with Crippen LogP contribution in [0.1, 0.15) is 22.8 Å². The molecule has 0 N–H and O–H groups in total. The summed E-state index contributed by atoms with van der Waals surface area (Å²) in [6.07, 6.45) is 0.765. The first kappa shape index (κ1) is 16.5. The van der Waals surface area contributed by atoms with Gasteiger partial charge in [-0.2, -0.15) is 0 Å². The predicted molar refractivity (Wildman–Crippen MR) is 105 cm³/mol. The summed E-state index contributed by atoms with van der Waals surface area (Å²) < 4.78 is 0. The molecule has 3 aromatic rings. The maximum atomic E-state index is 10.9. The van der Waals surface area contributed by atoms with E-state index >= 15 is 0 Å². The third kappa shape index (κ3) is 3.39. The van der Waals surface area contributed by atoms with Crippen molar-refractivity contribution in [3.05, 3.63) is 100 Å². The third-order valence-electron chi connectivity index (χ3n) is 4.35. The van der Waals surface area contributed by atoms with Crippen LogP contribution in [0.15, 0.2) is 88.8 Å². The van der Waals surface area contributed by atoms with Gasteiger partial charge in [0.2, 0.25) is 0 Å². The van der Waals surface area contributed by atoms with E-state index in [9.17, 15) is 10.1 Å². The van der Waals surface area contributed by atoms with Crippen molar-refractivity contribution in [2.75, 3.05) is 0 Å². The van der Waals surface area contributed by atoms with Gasteiger partial charge in [0.1, 0.15) is 0 Å². The minimum atomic E-state index is -0.378. The van der Waals surface area contributed by atoms with Crippen molar-refractivity contribution >= 4 is 28.8 Å². The number of fused-ring (bicyclic) bond motifs is 1. The molecule has 0 bridgehead atoms. The quantitative estimate of drug-likeness (QED) is 0.428.